The predicted molar refractivity (Wildman–Crippen MR) is 77.7 cm³/mol. The van der Waals surface area contributed by atoms with Crippen LogP contribution in [-0.4, -0.2) is 0 Å². The predicted octanol–water partition coefficient (Wildman–Crippen LogP) is 5.32. The van der Waals surface area contributed by atoms with E-state index in [1.54, 1.807) is 0 Å². The van der Waals surface area contributed by atoms with Crippen molar-refractivity contribution in [1.29, 1.82) is 0 Å². The van der Waals surface area contributed by atoms with Crippen molar-refractivity contribution in [2.45, 2.75) is 12.8 Å². The smallest absolute Gasteiger partial charge is 0.00435 e. The summed E-state index contributed by atoms with van der Waals surface area (Å²) in [6, 6.07) is 0. The van der Waals surface area contributed by atoms with E-state index in [9.17, 15) is 0 Å². The molecule has 0 amide bonds. The Bertz CT molecular complexity index is 413. The molecule has 0 aromatic carbocycles. The van der Waals surface area contributed by atoms with Gasteiger partial charge in [0.25, 0.3) is 0 Å². The molecule has 82 valence electrons. The van der Waals surface area contributed by atoms with Crippen LogP contribution in [-0.2, 0) is 0 Å². The van der Waals surface area contributed by atoms with Crippen LogP contribution in [0.1, 0.15) is 12.8 Å². The van der Waals surface area contributed by atoms with E-state index in [1.807, 2.05) is 0 Å². The van der Waals surface area contributed by atoms with Gasteiger partial charge in [-0.15, -0.1) is 0 Å². The summed E-state index contributed by atoms with van der Waals surface area (Å²) in [7, 11) is 0. The van der Waals surface area contributed by atoms with Crippen LogP contribution in [0.15, 0.2) is 68.7 Å². The Morgan fingerprint density at radius 3 is 1.44 bits per heavy atom. The molecule has 0 saturated carbocycles. The lowest BCUT2D eigenvalue weighted by atomic mass is 9.99. The molecule has 0 spiro atoms. The zero-order chi connectivity index (χ0) is 11.4. The monoisotopic (exact) mass is 338 g/mol. The van der Waals surface area contributed by atoms with Gasteiger partial charge in [-0.1, -0.05) is 80.5 Å². The zero-order valence-electron chi connectivity index (χ0n) is 8.79. The molecule has 2 heteroatoms. The summed E-state index contributed by atoms with van der Waals surface area (Å²) in [4.78, 5) is 0. The Kier molecular flexibility index (Phi) is 4.19. The maximum absolute atomic E-state index is 3.58. The molecule has 0 aromatic rings. The first kappa shape index (κ1) is 11.9. The molecule has 0 aliphatic heterocycles. The van der Waals surface area contributed by atoms with Gasteiger partial charge in [0.05, 0.1) is 0 Å². The van der Waals surface area contributed by atoms with Gasteiger partial charge in [0, 0.05) is 12.8 Å². The highest BCUT2D eigenvalue weighted by Gasteiger charge is 2.09. The molecule has 0 saturated heterocycles. The highest BCUT2D eigenvalue weighted by atomic mass is 79.9. The van der Waals surface area contributed by atoms with E-state index < -0.39 is 0 Å². The molecule has 0 bridgehead atoms. The van der Waals surface area contributed by atoms with Crippen LogP contribution in [0.5, 0.6) is 0 Å². The highest BCUT2D eigenvalue weighted by molar-refractivity contribution is 9.12. The van der Waals surface area contributed by atoms with Gasteiger partial charge < -0.3 is 0 Å². The molecule has 0 nitrogen and oxygen atoms in total. The molecular formula is C14H12Br2. The number of hydrogen-bond acceptors (Lipinski definition) is 0. The molecule has 2 rings (SSSR count). The summed E-state index contributed by atoms with van der Waals surface area (Å²) in [6.45, 7) is 0. The van der Waals surface area contributed by atoms with E-state index in [2.05, 4.69) is 80.5 Å². The van der Waals surface area contributed by atoms with Crippen molar-refractivity contribution < 1.29 is 0 Å². The van der Waals surface area contributed by atoms with Crippen LogP contribution in [0.3, 0.4) is 0 Å². The minimum Gasteiger partial charge on any atom is -0.0619 e. The van der Waals surface area contributed by atoms with Crippen LogP contribution in [0.2, 0.25) is 0 Å². The van der Waals surface area contributed by atoms with Crippen LogP contribution in [0.25, 0.3) is 0 Å². The van der Waals surface area contributed by atoms with E-state index in [0.29, 0.717) is 0 Å². The summed E-state index contributed by atoms with van der Waals surface area (Å²) in [5.74, 6) is 0. The third-order valence-electron chi connectivity index (χ3n) is 2.50. The molecular weight excluding hydrogens is 328 g/mol. The number of halogens is 2. The minimum absolute atomic E-state index is 0.965. The van der Waals surface area contributed by atoms with Gasteiger partial charge in [0.15, 0.2) is 0 Å². The Hall–Kier alpha value is -0.600. The highest BCUT2D eigenvalue weighted by Crippen LogP contribution is 2.31. The number of allylic oxidation sites excluding steroid dienone is 12. The van der Waals surface area contributed by atoms with Crippen molar-refractivity contribution in [3.05, 3.63) is 68.7 Å². The molecule has 2 aliphatic carbocycles. The van der Waals surface area contributed by atoms with Gasteiger partial charge in [0.2, 0.25) is 0 Å². The summed E-state index contributed by atoms with van der Waals surface area (Å²) < 4.78 is 2.45. The van der Waals surface area contributed by atoms with Crippen molar-refractivity contribution in [1.82, 2.24) is 0 Å². The molecule has 0 fully saturated rings. The molecule has 0 N–H and O–H groups in total. The number of hydrogen-bond donors (Lipinski definition) is 0. The third kappa shape index (κ3) is 3.19. The van der Waals surface area contributed by atoms with Gasteiger partial charge in [-0.25, -0.2) is 0 Å². The summed E-state index contributed by atoms with van der Waals surface area (Å²) in [5.41, 5.74) is 2.74. The Balaban J connectivity index is 2.26. The molecule has 0 heterocycles. The van der Waals surface area contributed by atoms with Gasteiger partial charge in [-0.2, -0.15) is 0 Å². The van der Waals surface area contributed by atoms with Crippen molar-refractivity contribution in [2.75, 3.05) is 0 Å². The fourth-order valence-electron chi connectivity index (χ4n) is 1.70. The second-order valence-corrected chi connectivity index (χ2v) is 5.77. The second kappa shape index (κ2) is 5.65. The maximum Gasteiger partial charge on any atom is 0.00435 e. The third-order valence-corrected chi connectivity index (χ3v) is 3.59. The molecule has 0 radical (unpaired) electrons. The molecule has 0 aromatic heterocycles. The Labute approximate surface area is 113 Å². The average molecular weight is 340 g/mol. The first-order valence-corrected chi connectivity index (χ1v) is 6.78. The van der Waals surface area contributed by atoms with Crippen molar-refractivity contribution in [3.8, 4) is 0 Å². The van der Waals surface area contributed by atoms with Gasteiger partial charge in [-0.3, -0.25) is 0 Å². The van der Waals surface area contributed by atoms with E-state index >= 15 is 0 Å². The van der Waals surface area contributed by atoms with Crippen LogP contribution in [0, 0.1) is 0 Å². The first-order chi connectivity index (χ1) is 7.75. The number of rotatable bonds is 1. The van der Waals surface area contributed by atoms with Crippen LogP contribution >= 0.6 is 31.9 Å². The van der Waals surface area contributed by atoms with E-state index in [1.165, 1.54) is 20.1 Å². The minimum atomic E-state index is 0.965. The lowest BCUT2D eigenvalue weighted by molar-refractivity contribution is 1.13. The normalized spacial score (nSPS) is 20.4. The largest absolute Gasteiger partial charge is 0.0619 e. The fourth-order valence-corrected chi connectivity index (χ4v) is 2.61. The summed E-state index contributed by atoms with van der Waals surface area (Å²) in [5, 5.41) is 0. The average Bonchev–Trinajstić information content (AvgIpc) is 2.58. The quantitative estimate of drug-likeness (QED) is 0.606. The Morgan fingerprint density at radius 2 is 1.00 bits per heavy atom. The van der Waals surface area contributed by atoms with Crippen LogP contribution < -0.4 is 0 Å². The van der Waals surface area contributed by atoms with E-state index in [0.717, 1.165) is 12.8 Å². The summed E-state index contributed by atoms with van der Waals surface area (Å²) in [6.07, 6.45) is 18.8. The van der Waals surface area contributed by atoms with Gasteiger partial charge >= 0.3 is 0 Å². The van der Waals surface area contributed by atoms with E-state index in [-0.39, 0.29) is 0 Å². The fraction of sp³-hybridized carbons (Fsp3) is 0.143. The van der Waals surface area contributed by atoms with Gasteiger partial charge in [0.1, 0.15) is 0 Å². The Morgan fingerprint density at radius 1 is 0.625 bits per heavy atom. The van der Waals surface area contributed by atoms with Crippen molar-refractivity contribution in [3.63, 3.8) is 0 Å². The first-order valence-electron chi connectivity index (χ1n) is 5.20. The molecule has 0 unspecified atom stereocenters. The molecule has 2 aliphatic rings. The van der Waals surface area contributed by atoms with E-state index in [4.69, 9.17) is 0 Å². The summed E-state index contributed by atoms with van der Waals surface area (Å²) >= 11 is 7.15. The van der Waals surface area contributed by atoms with Gasteiger partial charge in [-0.05, 0) is 20.1 Å². The standard InChI is InChI=1S/C14H12Br2/c15-13-7-3-1-5-11(9-13)12-6-2-4-8-14(16)10-12/h1-8H,9-10H2. The van der Waals surface area contributed by atoms with Crippen molar-refractivity contribution in [2.24, 2.45) is 0 Å². The van der Waals surface area contributed by atoms with Crippen molar-refractivity contribution >= 4 is 31.9 Å². The lowest BCUT2D eigenvalue weighted by Gasteiger charge is -2.09. The van der Waals surface area contributed by atoms with Crippen LogP contribution in [0.4, 0.5) is 0 Å². The molecule has 16 heavy (non-hydrogen) atoms. The topological polar surface area (TPSA) is 0 Å². The maximum atomic E-state index is 3.58. The second-order valence-electron chi connectivity index (χ2n) is 3.73. The lowest BCUT2D eigenvalue weighted by Crippen LogP contribution is -1.90. The zero-order valence-corrected chi connectivity index (χ0v) is 12.0. The SMILES string of the molecule is BrC1=CC=CC=C(C2=CC=CC=C(Br)C2)C1. The molecule has 0 atom stereocenters.